The molecule has 2 rings (SSSR count). The summed E-state index contributed by atoms with van der Waals surface area (Å²) in [6.45, 7) is 0. The van der Waals surface area contributed by atoms with E-state index in [4.69, 9.17) is 0 Å². The third-order valence-corrected chi connectivity index (χ3v) is 3.72. The Morgan fingerprint density at radius 2 is 2.31 bits per heavy atom. The Labute approximate surface area is 105 Å². The number of aromatic nitrogens is 1. The van der Waals surface area contributed by atoms with E-state index < -0.39 is 6.10 Å². The van der Waals surface area contributed by atoms with Crippen LogP contribution in [-0.2, 0) is 6.42 Å². The molecule has 0 spiro atoms. The first-order chi connectivity index (χ1) is 7.66. The lowest BCUT2D eigenvalue weighted by atomic mass is 10.1. The van der Waals surface area contributed by atoms with Gasteiger partial charge in [0.25, 0.3) is 0 Å². The molecule has 0 radical (unpaired) electrons. The number of aliphatic hydroxyl groups excluding tert-OH is 1. The van der Waals surface area contributed by atoms with Crippen molar-refractivity contribution in [3.05, 3.63) is 50.6 Å². The molecule has 1 atom stereocenters. The molecule has 2 aromatic rings. The summed E-state index contributed by atoms with van der Waals surface area (Å²) < 4.78 is 13.8. The van der Waals surface area contributed by atoms with E-state index in [-0.39, 0.29) is 5.82 Å². The number of thiazole rings is 1. The first-order valence-corrected chi connectivity index (χ1v) is 6.34. The summed E-state index contributed by atoms with van der Waals surface area (Å²) in [6.07, 6.45) is 1.44. The van der Waals surface area contributed by atoms with E-state index in [1.807, 2.05) is 0 Å². The number of benzene rings is 1. The average molecular weight is 302 g/mol. The highest BCUT2D eigenvalue weighted by molar-refractivity contribution is 9.10. The Balaban J connectivity index is 2.20. The minimum Gasteiger partial charge on any atom is -0.388 e. The van der Waals surface area contributed by atoms with Crippen molar-refractivity contribution in [3.63, 3.8) is 0 Å². The summed E-state index contributed by atoms with van der Waals surface area (Å²) >= 11 is 4.77. The second kappa shape index (κ2) is 5.03. The molecule has 0 aliphatic rings. The molecule has 0 aliphatic heterocycles. The summed E-state index contributed by atoms with van der Waals surface area (Å²) in [7, 11) is 0. The molecular weight excluding hydrogens is 293 g/mol. The van der Waals surface area contributed by atoms with Crippen molar-refractivity contribution in [1.29, 1.82) is 0 Å². The van der Waals surface area contributed by atoms with Crippen molar-refractivity contribution in [2.75, 3.05) is 0 Å². The SMILES string of the molecule is OC(Cc1cncs1)c1cc(F)ccc1Br. The van der Waals surface area contributed by atoms with Crippen molar-refractivity contribution in [1.82, 2.24) is 4.98 Å². The molecule has 5 heteroatoms. The second-order valence-electron chi connectivity index (χ2n) is 3.35. The topological polar surface area (TPSA) is 33.1 Å². The predicted molar refractivity (Wildman–Crippen MR) is 64.9 cm³/mol. The second-order valence-corrected chi connectivity index (χ2v) is 5.18. The monoisotopic (exact) mass is 301 g/mol. The molecule has 0 aliphatic carbocycles. The van der Waals surface area contributed by atoms with Crippen LogP contribution in [0.4, 0.5) is 4.39 Å². The molecule has 1 aromatic carbocycles. The van der Waals surface area contributed by atoms with Gasteiger partial charge in [-0.3, -0.25) is 4.98 Å². The van der Waals surface area contributed by atoms with Crippen molar-refractivity contribution in [3.8, 4) is 0 Å². The standard InChI is InChI=1S/C11H9BrFNOS/c12-10-2-1-7(13)3-9(10)11(15)4-8-5-14-6-16-8/h1-3,5-6,11,15H,4H2. The van der Waals surface area contributed by atoms with E-state index in [9.17, 15) is 9.50 Å². The lowest BCUT2D eigenvalue weighted by Crippen LogP contribution is -2.02. The molecule has 0 amide bonds. The number of aliphatic hydroxyl groups is 1. The van der Waals surface area contributed by atoms with Gasteiger partial charge in [0.1, 0.15) is 5.82 Å². The maximum absolute atomic E-state index is 13.0. The molecule has 1 aromatic heterocycles. The Bertz CT molecular complexity index is 475. The van der Waals surface area contributed by atoms with Crippen molar-refractivity contribution in [2.24, 2.45) is 0 Å². The van der Waals surface area contributed by atoms with Crippen LogP contribution in [0.5, 0.6) is 0 Å². The Morgan fingerprint density at radius 3 is 3.00 bits per heavy atom. The maximum atomic E-state index is 13.0. The smallest absolute Gasteiger partial charge is 0.123 e. The quantitative estimate of drug-likeness (QED) is 0.943. The Morgan fingerprint density at radius 1 is 1.50 bits per heavy atom. The maximum Gasteiger partial charge on any atom is 0.123 e. The van der Waals surface area contributed by atoms with Gasteiger partial charge in [0.15, 0.2) is 0 Å². The molecule has 16 heavy (non-hydrogen) atoms. The van der Waals surface area contributed by atoms with Gasteiger partial charge in [0.2, 0.25) is 0 Å². The zero-order valence-corrected chi connectivity index (χ0v) is 10.6. The largest absolute Gasteiger partial charge is 0.388 e. The third-order valence-electron chi connectivity index (χ3n) is 2.20. The average Bonchev–Trinajstić information content (AvgIpc) is 2.74. The molecule has 1 heterocycles. The summed E-state index contributed by atoms with van der Waals surface area (Å²) in [6, 6.07) is 4.29. The van der Waals surface area contributed by atoms with Gasteiger partial charge in [-0.15, -0.1) is 11.3 Å². The summed E-state index contributed by atoms with van der Waals surface area (Å²) in [5, 5.41) is 9.98. The van der Waals surface area contributed by atoms with Crippen LogP contribution in [0.25, 0.3) is 0 Å². The highest BCUT2D eigenvalue weighted by Gasteiger charge is 2.13. The summed E-state index contributed by atoms with van der Waals surface area (Å²) in [4.78, 5) is 4.91. The van der Waals surface area contributed by atoms with E-state index >= 15 is 0 Å². The van der Waals surface area contributed by atoms with Crippen LogP contribution in [0, 0.1) is 5.82 Å². The van der Waals surface area contributed by atoms with Crippen LogP contribution < -0.4 is 0 Å². The van der Waals surface area contributed by atoms with Crippen LogP contribution in [-0.4, -0.2) is 10.1 Å². The van der Waals surface area contributed by atoms with Crippen LogP contribution in [0.15, 0.2) is 34.4 Å². The van der Waals surface area contributed by atoms with Gasteiger partial charge < -0.3 is 5.11 Å². The highest BCUT2D eigenvalue weighted by Crippen LogP contribution is 2.27. The van der Waals surface area contributed by atoms with Crippen molar-refractivity contribution >= 4 is 27.3 Å². The zero-order valence-electron chi connectivity index (χ0n) is 8.23. The minimum absolute atomic E-state index is 0.346. The van der Waals surface area contributed by atoms with E-state index in [0.717, 1.165) is 4.88 Å². The van der Waals surface area contributed by atoms with E-state index in [1.165, 1.54) is 23.5 Å². The van der Waals surface area contributed by atoms with Crippen molar-refractivity contribution in [2.45, 2.75) is 12.5 Å². The molecule has 0 fully saturated rings. The Kier molecular flexibility index (Phi) is 3.68. The highest BCUT2D eigenvalue weighted by atomic mass is 79.9. The lowest BCUT2D eigenvalue weighted by molar-refractivity contribution is 0.178. The molecule has 0 saturated carbocycles. The predicted octanol–water partition coefficient (Wildman–Crippen LogP) is 3.32. The molecule has 2 nitrogen and oxygen atoms in total. The van der Waals surface area contributed by atoms with E-state index in [2.05, 4.69) is 20.9 Å². The fraction of sp³-hybridized carbons (Fsp3) is 0.182. The summed E-state index contributed by atoms with van der Waals surface area (Å²) in [5.74, 6) is -0.346. The first kappa shape index (κ1) is 11.7. The molecule has 84 valence electrons. The number of rotatable bonds is 3. The number of halogens is 2. The van der Waals surface area contributed by atoms with Crippen LogP contribution in [0.3, 0.4) is 0 Å². The molecule has 1 N–H and O–H groups in total. The van der Waals surface area contributed by atoms with E-state index in [0.29, 0.717) is 16.5 Å². The third kappa shape index (κ3) is 2.66. The minimum atomic E-state index is -0.717. The number of nitrogens with zero attached hydrogens (tertiary/aromatic N) is 1. The fourth-order valence-electron chi connectivity index (χ4n) is 1.41. The lowest BCUT2D eigenvalue weighted by Gasteiger charge is -2.11. The first-order valence-electron chi connectivity index (χ1n) is 4.67. The van der Waals surface area contributed by atoms with Gasteiger partial charge in [0, 0.05) is 22.0 Å². The van der Waals surface area contributed by atoms with E-state index in [1.54, 1.807) is 17.8 Å². The van der Waals surface area contributed by atoms with Gasteiger partial charge in [-0.25, -0.2) is 4.39 Å². The number of hydrogen-bond donors (Lipinski definition) is 1. The molecule has 0 bridgehead atoms. The van der Waals surface area contributed by atoms with Gasteiger partial charge in [-0.1, -0.05) is 15.9 Å². The fourth-order valence-corrected chi connectivity index (χ4v) is 2.56. The normalized spacial score (nSPS) is 12.7. The summed E-state index contributed by atoms with van der Waals surface area (Å²) in [5.41, 5.74) is 2.27. The Hall–Kier alpha value is -0.780. The molecule has 0 saturated heterocycles. The van der Waals surface area contributed by atoms with Gasteiger partial charge in [0.05, 0.1) is 11.6 Å². The van der Waals surface area contributed by atoms with Crippen LogP contribution in [0.1, 0.15) is 16.5 Å². The van der Waals surface area contributed by atoms with Gasteiger partial charge >= 0.3 is 0 Å². The molecular formula is C11H9BrFNOS. The van der Waals surface area contributed by atoms with Gasteiger partial charge in [-0.05, 0) is 23.8 Å². The van der Waals surface area contributed by atoms with Gasteiger partial charge in [-0.2, -0.15) is 0 Å². The van der Waals surface area contributed by atoms with Crippen molar-refractivity contribution < 1.29 is 9.50 Å². The van der Waals surface area contributed by atoms with Crippen LogP contribution in [0.2, 0.25) is 0 Å². The number of hydrogen-bond acceptors (Lipinski definition) is 3. The zero-order chi connectivity index (χ0) is 11.5. The van der Waals surface area contributed by atoms with Crippen LogP contribution >= 0.6 is 27.3 Å². The molecule has 1 unspecified atom stereocenters.